The van der Waals surface area contributed by atoms with Crippen LogP contribution in [0.4, 0.5) is 16.3 Å². The van der Waals surface area contributed by atoms with Crippen LogP contribution in [0.3, 0.4) is 0 Å². The van der Waals surface area contributed by atoms with Crippen molar-refractivity contribution in [1.29, 1.82) is 0 Å². The van der Waals surface area contributed by atoms with Crippen LogP contribution in [0.1, 0.15) is 39.7 Å². The molecule has 1 N–H and O–H groups in total. The van der Waals surface area contributed by atoms with Gasteiger partial charge in [-0.3, -0.25) is 0 Å². The molecule has 2 aliphatic rings. The van der Waals surface area contributed by atoms with Crippen molar-refractivity contribution in [2.45, 2.75) is 52.2 Å². The molecule has 2 aliphatic heterocycles. The summed E-state index contributed by atoms with van der Waals surface area (Å²) in [6, 6.07) is 2.27. The first-order valence-electron chi connectivity index (χ1n) is 8.85. The molecule has 0 aromatic carbocycles. The molecule has 6 nitrogen and oxygen atoms in total. The minimum Gasteiger partial charge on any atom is -0.444 e. The third kappa shape index (κ3) is 3.42. The Morgan fingerprint density at radius 1 is 1.42 bits per heavy atom. The Kier molecular flexibility index (Phi) is 4.56. The van der Waals surface area contributed by atoms with Gasteiger partial charge in [-0.25, -0.2) is 9.78 Å². The van der Waals surface area contributed by atoms with Crippen molar-refractivity contribution in [1.82, 2.24) is 9.88 Å². The molecule has 0 saturated carbocycles. The molecule has 6 heteroatoms. The minimum absolute atomic E-state index is 0.173. The van der Waals surface area contributed by atoms with Gasteiger partial charge in [-0.2, -0.15) is 0 Å². The van der Waals surface area contributed by atoms with Crippen LogP contribution >= 0.6 is 0 Å². The van der Waals surface area contributed by atoms with Crippen molar-refractivity contribution in [3.63, 3.8) is 0 Å². The maximum absolute atomic E-state index is 12.5. The molecule has 0 spiro atoms. The zero-order chi connectivity index (χ0) is 17.3. The second-order valence-electron chi connectivity index (χ2n) is 7.52. The van der Waals surface area contributed by atoms with Crippen molar-refractivity contribution >= 4 is 17.6 Å². The number of fused-ring (bicyclic) bond motifs is 1. The molecular weight excluding hydrogens is 304 g/mol. The van der Waals surface area contributed by atoms with Crippen molar-refractivity contribution in [2.24, 2.45) is 0 Å². The fraction of sp³-hybridized carbons (Fsp3) is 0.667. The molecule has 1 atom stereocenters. The van der Waals surface area contributed by atoms with Crippen LogP contribution in [-0.4, -0.2) is 53.8 Å². The molecule has 1 aromatic heterocycles. The van der Waals surface area contributed by atoms with E-state index >= 15 is 0 Å². The van der Waals surface area contributed by atoms with Crippen molar-refractivity contribution in [2.75, 3.05) is 36.4 Å². The first-order chi connectivity index (χ1) is 11.4. The summed E-state index contributed by atoms with van der Waals surface area (Å²) in [5.74, 6) is 1.01. The summed E-state index contributed by atoms with van der Waals surface area (Å²) in [6.45, 7) is 11.2. The highest BCUT2D eigenvalue weighted by Gasteiger charge is 2.33. The van der Waals surface area contributed by atoms with Crippen molar-refractivity contribution < 1.29 is 9.53 Å². The van der Waals surface area contributed by atoms with Gasteiger partial charge in [0.2, 0.25) is 0 Å². The van der Waals surface area contributed by atoms with Crippen LogP contribution in [0.2, 0.25) is 0 Å². The molecule has 24 heavy (non-hydrogen) atoms. The standard InChI is InChI=1S/C18H28N4O2/c1-5-13-12-21(10-11-22(13)17(23)24-18(2,3)4)15-7-9-20-16-14(15)6-8-19-16/h7,9,13H,5-6,8,10-12H2,1-4H3,(H,19,20)/t13-/m0/s1. The zero-order valence-electron chi connectivity index (χ0n) is 15.1. The maximum Gasteiger partial charge on any atom is 0.410 e. The number of amides is 1. The lowest BCUT2D eigenvalue weighted by atomic mass is 10.1. The first kappa shape index (κ1) is 16.9. The number of pyridine rings is 1. The maximum atomic E-state index is 12.5. The quantitative estimate of drug-likeness (QED) is 0.902. The molecule has 3 heterocycles. The van der Waals surface area contributed by atoms with E-state index in [9.17, 15) is 4.79 Å². The average molecular weight is 332 g/mol. The third-order valence-corrected chi connectivity index (χ3v) is 4.62. The molecule has 0 aliphatic carbocycles. The number of hydrogen-bond acceptors (Lipinski definition) is 5. The Hall–Kier alpha value is -1.98. The molecule has 0 bridgehead atoms. The number of piperazine rings is 1. The monoisotopic (exact) mass is 332 g/mol. The average Bonchev–Trinajstić information content (AvgIpc) is 3.01. The van der Waals surface area contributed by atoms with Gasteiger partial charge in [0.25, 0.3) is 0 Å². The van der Waals surface area contributed by atoms with E-state index in [1.807, 2.05) is 31.9 Å². The second-order valence-corrected chi connectivity index (χ2v) is 7.52. The molecule has 3 rings (SSSR count). The number of rotatable bonds is 2. The topological polar surface area (TPSA) is 57.7 Å². The second kappa shape index (κ2) is 6.49. The summed E-state index contributed by atoms with van der Waals surface area (Å²) >= 11 is 0. The molecule has 0 radical (unpaired) electrons. The van der Waals surface area contributed by atoms with E-state index in [0.717, 1.165) is 38.3 Å². The fourth-order valence-corrected chi connectivity index (χ4v) is 3.47. The summed E-state index contributed by atoms with van der Waals surface area (Å²) in [5.41, 5.74) is 2.11. The van der Waals surface area contributed by atoms with Crippen LogP contribution in [0.15, 0.2) is 12.3 Å². The van der Waals surface area contributed by atoms with E-state index in [0.29, 0.717) is 6.54 Å². The van der Waals surface area contributed by atoms with Gasteiger partial charge in [0.05, 0.1) is 6.04 Å². The number of aromatic nitrogens is 1. The first-order valence-corrected chi connectivity index (χ1v) is 8.85. The highest BCUT2D eigenvalue weighted by atomic mass is 16.6. The Morgan fingerprint density at radius 3 is 2.92 bits per heavy atom. The van der Waals surface area contributed by atoms with Gasteiger partial charge in [0.15, 0.2) is 0 Å². The highest BCUT2D eigenvalue weighted by molar-refractivity contribution is 5.70. The van der Waals surface area contributed by atoms with E-state index in [2.05, 4.69) is 28.2 Å². The van der Waals surface area contributed by atoms with Crippen LogP contribution in [-0.2, 0) is 11.2 Å². The fourth-order valence-electron chi connectivity index (χ4n) is 3.47. The molecular formula is C18H28N4O2. The summed E-state index contributed by atoms with van der Waals surface area (Å²) in [7, 11) is 0. The number of anilines is 2. The lowest BCUT2D eigenvalue weighted by Crippen LogP contribution is -2.56. The van der Waals surface area contributed by atoms with Gasteiger partial charge in [-0.1, -0.05) is 6.92 Å². The van der Waals surface area contributed by atoms with Crippen molar-refractivity contribution in [3.8, 4) is 0 Å². The Labute approximate surface area is 144 Å². The summed E-state index contributed by atoms with van der Waals surface area (Å²) in [4.78, 5) is 21.2. The number of carbonyl (C=O) groups excluding carboxylic acids is 1. The van der Waals surface area contributed by atoms with Crippen molar-refractivity contribution in [3.05, 3.63) is 17.8 Å². The Morgan fingerprint density at radius 2 is 2.21 bits per heavy atom. The van der Waals surface area contributed by atoms with E-state index in [1.54, 1.807) is 0 Å². The SMILES string of the molecule is CC[C@H]1CN(c2ccnc3c2CCN3)CCN1C(=O)OC(C)(C)C. The smallest absolute Gasteiger partial charge is 0.410 e. The molecule has 1 saturated heterocycles. The van der Waals surface area contributed by atoms with Crippen LogP contribution in [0.25, 0.3) is 0 Å². The zero-order valence-corrected chi connectivity index (χ0v) is 15.1. The summed E-state index contributed by atoms with van der Waals surface area (Å²) in [6.07, 6.45) is 3.60. The van der Waals surface area contributed by atoms with E-state index < -0.39 is 5.60 Å². The van der Waals surface area contributed by atoms with E-state index in [1.165, 1.54) is 11.3 Å². The lowest BCUT2D eigenvalue weighted by Gasteiger charge is -2.42. The normalized spacial score (nSPS) is 20.6. The van der Waals surface area contributed by atoms with E-state index in [4.69, 9.17) is 4.74 Å². The van der Waals surface area contributed by atoms with Gasteiger partial charge < -0.3 is 19.9 Å². The predicted molar refractivity (Wildman–Crippen MR) is 95.7 cm³/mol. The Bertz CT molecular complexity index is 612. The minimum atomic E-state index is -0.454. The third-order valence-electron chi connectivity index (χ3n) is 4.62. The van der Waals surface area contributed by atoms with Crippen LogP contribution < -0.4 is 10.2 Å². The molecule has 1 aromatic rings. The molecule has 1 amide bonds. The molecule has 132 valence electrons. The number of carbonyl (C=O) groups is 1. The number of nitrogens with one attached hydrogen (secondary N) is 1. The lowest BCUT2D eigenvalue weighted by molar-refractivity contribution is 0.0136. The highest BCUT2D eigenvalue weighted by Crippen LogP contribution is 2.31. The van der Waals surface area contributed by atoms with Gasteiger partial charge in [-0.15, -0.1) is 0 Å². The summed E-state index contributed by atoms with van der Waals surface area (Å²) < 4.78 is 5.57. The van der Waals surface area contributed by atoms with Gasteiger partial charge in [0.1, 0.15) is 11.4 Å². The van der Waals surface area contributed by atoms with Crippen LogP contribution in [0.5, 0.6) is 0 Å². The number of nitrogens with zero attached hydrogens (tertiary/aromatic N) is 3. The van der Waals surface area contributed by atoms with Gasteiger partial charge in [-0.05, 0) is 39.7 Å². The van der Waals surface area contributed by atoms with E-state index in [-0.39, 0.29) is 12.1 Å². The largest absolute Gasteiger partial charge is 0.444 e. The van der Waals surface area contributed by atoms with Crippen LogP contribution in [0, 0.1) is 0 Å². The Balaban J connectivity index is 1.74. The number of hydrogen-bond donors (Lipinski definition) is 1. The summed E-state index contributed by atoms with van der Waals surface area (Å²) in [5, 5.41) is 3.34. The van der Waals surface area contributed by atoms with Gasteiger partial charge >= 0.3 is 6.09 Å². The molecule has 0 unspecified atom stereocenters. The predicted octanol–water partition coefficient (Wildman–Crippen LogP) is 2.89. The van der Waals surface area contributed by atoms with Gasteiger partial charge in [0, 0.05) is 43.6 Å². The number of ether oxygens (including phenoxy) is 1. The molecule has 1 fully saturated rings.